The first kappa shape index (κ1) is 14.4. The molecule has 0 amide bonds. The summed E-state index contributed by atoms with van der Waals surface area (Å²) in [5.74, 6) is 0.465. The molecule has 0 atom stereocenters. The van der Waals surface area contributed by atoms with Gasteiger partial charge in [0.25, 0.3) is 0 Å². The average molecular weight is 255 g/mol. The molecule has 0 bridgehead atoms. The predicted molar refractivity (Wildman–Crippen MR) is 69.2 cm³/mol. The number of nitrogens with one attached hydrogen (secondary N) is 1. The van der Waals surface area contributed by atoms with Crippen molar-refractivity contribution in [1.29, 1.82) is 0 Å². The molecule has 0 unspecified atom stereocenters. The molecule has 7 nitrogen and oxygen atoms in total. The molecule has 1 heterocycles. The van der Waals surface area contributed by atoms with Crippen LogP contribution in [0.3, 0.4) is 0 Å². The summed E-state index contributed by atoms with van der Waals surface area (Å²) in [5.41, 5.74) is 0. The molecular formula is C11H21N5O2. The fraction of sp³-hybridized carbons (Fsp3) is 0.727. The summed E-state index contributed by atoms with van der Waals surface area (Å²) in [5, 5.41) is 3.00. The second-order valence-corrected chi connectivity index (χ2v) is 3.96. The molecule has 7 heteroatoms. The number of anilines is 1. The van der Waals surface area contributed by atoms with Gasteiger partial charge < -0.3 is 19.7 Å². The third kappa shape index (κ3) is 5.13. The molecule has 0 radical (unpaired) electrons. The van der Waals surface area contributed by atoms with Crippen LogP contribution < -0.4 is 14.8 Å². The molecule has 1 aromatic rings. The Kier molecular flexibility index (Phi) is 6.13. The van der Waals surface area contributed by atoms with Crippen molar-refractivity contribution in [3.63, 3.8) is 0 Å². The molecular weight excluding hydrogens is 234 g/mol. The molecule has 0 fully saturated rings. The van der Waals surface area contributed by atoms with Crippen LogP contribution >= 0.6 is 0 Å². The Hall–Kier alpha value is -1.63. The number of hydrogen-bond donors (Lipinski definition) is 1. The molecule has 0 saturated carbocycles. The lowest BCUT2D eigenvalue weighted by molar-refractivity contribution is 0.257. The molecule has 18 heavy (non-hydrogen) atoms. The van der Waals surface area contributed by atoms with Gasteiger partial charge >= 0.3 is 12.0 Å². The van der Waals surface area contributed by atoms with E-state index in [9.17, 15) is 0 Å². The molecule has 0 aliphatic carbocycles. The van der Waals surface area contributed by atoms with Crippen LogP contribution in [0, 0.1) is 0 Å². The number of ether oxygens (including phenoxy) is 2. The summed E-state index contributed by atoms with van der Waals surface area (Å²) < 4.78 is 10.5. The molecule has 1 aromatic heterocycles. The largest absolute Gasteiger partial charge is 0.467 e. The van der Waals surface area contributed by atoms with Gasteiger partial charge in [0.15, 0.2) is 0 Å². The number of methoxy groups -OCH3 is 1. The maximum atomic E-state index is 5.48. The minimum atomic E-state index is 0.253. The Morgan fingerprint density at radius 3 is 2.50 bits per heavy atom. The molecule has 0 spiro atoms. The Morgan fingerprint density at radius 2 is 1.89 bits per heavy atom. The first-order valence-electron chi connectivity index (χ1n) is 5.97. The van der Waals surface area contributed by atoms with Crippen molar-refractivity contribution in [2.24, 2.45) is 0 Å². The Labute approximate surface area is 108 Å². The minimum absolute atomic E-state index is 0.253. The fourth-order valence-corrected chi connectivity index (χ4v) is 1.28. The summed E-state index contributed by atoms with van der Waals surface area (Å²) in [6.07, 6.45) is 0.914. The first-order chi connectivity index (χ1) is 8.65. The van der Waals surface area contributed by atoms with E-state index in [2.05, 4.69) is 25.2 Å². The van der Waals surface area contributed by atoms with Gasteiger partial charge in [0, 0.05) is 13.1 Å². The van der Waals surface area contributed by atoms with Gasteiger partial charge in [0.2, 0.25) is 5.95 Å². The van der Waals surface area contributed by atoms with Crippen LogP contribution in [0.4, 0.5) is 5.95 Å². The van der Waals surface area contributed by atoms with Crippen LogP contribution in [0.2, 0.25) is 0 Å². The van der Waals surface area contributed by atoms with Gasteiger partial charge in [-0.3, -0.25) is 0 Å². The van der Waals surface area contributed by atoms with E-state index < -0.39 is 0 Å². The van der Waals surface area contributed by atoms with Crippen LogP contribution in [0.1, 0.15) is 13.3 Å². The lowest BCUT2D eigenvalue weighted by Crippen LogP contribution is -2.16. The number of aromatic nitrogens is 3. The van der Waals surface area contributed by atoms with Gasteiger partial charge in [-0.1, -0.05) is 0 Å². The van der Waals surface area contributed by atoms with E-state index in [1.54, 1.807) is 0 Å². The van der Waals surface area contributed by atoms with E-state index in [0.29, 0.717) is 12.6 Å². The van der Waals surface area contributed by atoms with Crippen LogP contribution in [-0.2, 0) is 0 Å². The Balaban J connectivity index is 2.55. The SMILES string of the molecule is CCNc1nc(OC)nc(OCCCN(C)C)n1. The van der Waals surface area contributed by atoms with Crippen molar-refractivity contribution in [2.75, 3.05) is 46.2 Å². The van der Waals surface area contributed by atoms with Gasteiger partial charge in [0.1, 0.15) is 0 Å². The van der Waals surface area contributed by atoms with Crippen molar-refractivity contribution in [3.8, 4) is 12.0 Å². The molecule has 0 saturated heterocycles. The van der Waals surface area contributed by atoms with Crippen LogP contribution in [-0.4, -0.2) is 60.8 Å². The van der Waals surface area contributed by atoms with Gasteiger partial charge in [0.05, 0.1) is 13.7 Å². The van der Waals surface area contributed by atoms with Gasteiger partial charge in [-0.25, -0.2) is 0 Å². The zero-order valence-corrected chi connectivity index (χ0v) is 11.4. The van der Waals surface area contributed by atoms with Crippen molar-refractivity contribution >= 4 is 5.95 Å². The summed E-state index contributed by atoms with van der Waals surface area (Å²) >= 11 is 0. The van der Waals surface area contributed by atoms with Crippen LogP contribution in [0.25, 0.3) is 0 Å². The zero-order chi connectivity index (χ0) is 13.4. The van der Waals surface area contributed by atoms with E-state index in [1.165, 1.54) is 7.11 Å². The normalized spacial score (nSPS) is 10.5. The van der Waals surface area contributed by atoms with E-state index >= 15 is 0 Å². The van der Waals surface area contributed by atoms with Gasteiger partial charge in [-0.2, -0.15) is 9.97 Å². The van der Waals surface area contributed by atoms with Crippen molar-refractivity contribution in [3.05, 3.63) is 0 Å². The standard InChI is InChI=1S/C11H21N5O2/c1-5-12-9-13-10(17-4)15-11(14-9)18-8-6-7-16(2)3/h5-8H2,1-4H3,(H,12,13,14,15). The van der Waals surface area contributed by atoms with Crippen LogP contribution in [0.15, 0.2) is 0 Å². The molecule has 0 aliphatic heterocycles. The lowest BCUT2D eigenvalue weighted by atomic mass is 10.4. The highest BCUT2D eigenvalue weighted by Crippen LogP contribution is 2.12. The molecule has 0 aliphatic rings. The second kappa shape index (κ2) is 7.65. The van der Waals surface area contributed by atoms with E-state index in [-0.39, 0.29) is 12.0 Å². The monoisotopic (exact) mass is 255 g/mol. The quantitative estimate of drug-likeness (QED) is 0.683. The van der Waals surface area contributed by atoms with Crippen LogP contribution in [0.5, 0.6) is 12.0 Å². The number of nitrogens with zero attached hydrogens (tertiary/aromatic N) is 4. The maximum Gasteiger partial charge on any atom is 0.324 e. The van der Waals surface area contributed by atoms with Crippen molar-refractivity contribution in [1.82, 2.24) is 19.9 Å². The third-order valence-corrected chi connectivity index (χ3v) is 2.09. The second-order valence-electron chi connectivity index (χ2n) is 3.96. The van der Waals surface area contributed by atoms with Gasteiger partial charge in [-0.15, -0.1) is 4.98 Å². The molecule has 1 rings (SSSR count). The molecule has 102 valence electrons. The summed E-state index contributed by atoms with van der Waals surface area (Å²) in [4.78, 5) is 14.3. The van der Waals surface area contributed by atoms with Crippen molar-refractivity contribution in [2.45, 2.75) is 13.3 Å². The predicted octanol–water partition coefficient (Wildman–Crippen LogP) is 0.642. The van der Waals surface area contributed by atoms with E-state index in [4.69, 9.17) is 9.47 Å². The first-order valence-corrected chi connectivity index (χ1v) is 5.97. The average Bonchev–Trinajstić information content (AvgIpc) is 2.34. The summed E-state index contributed by atoms with van der Waals surface area (Å²) in [6, 6.07) is 0.542. The zero-order valence-electron chi connectivity index (χ0n) is 11.4. The number of rotatable bonds is 8. The third-order valence-electron chi connectivity index (χ3n) is 2.09. The topological polar surface area (TPSA) is 72.4 Å². The Bertz CT molecular complexity index is 359. The fourth-order valence-electron chi connectivity index (χ4n) is 1.28. The maximum absolute atomic E-state index is 5.48. The highest BCUT2D eigenvalue weighted by molar-refractivity contribution is 5.27. The summed E-state index contributed by atoms with van der Waals surface area (Å²) in [7, 11) is 5.56. The van der Waals surface area contributed by atoms with E-state index in [1.807, 2.05) is 21.0 Å². The van der Waals surface area contributed by atoms with Gasteiger partial charge in [-0.05, 0) is 27.4 Å². The summed E-state index contributed by atoms with van der Waals surface area (Å²) in [6.45, 7) is 4.22. The molecule has 1 N–H and O–H groups in total. The van der Waals surface area contributed by atoms with Crippen molar-refractivity contribution < 1.29 is 9.47 Å². The smallest absolute Gasteiger partial charge is 0.324 e. The Morgan fingerprint density at radius 1 is 1.17 bits per heavy atom. The molecule has 0 aromatic carbocycles. The van der Waals surface area contributed by atoms with E-state index in [0.717, 1.165) is 19.5 Å². The highest BCUT2D eigenvalue weighted by Gasteiger charge is 2.07. The lowest BCUT2D eigenvalue weighted by Gasteiger charge is -2.10. The minimum Gasteiger partial charge on any atom is -0.467 e. The highest BCUT2D eigenvalue weighted by atomic mass is 16.5. The number of hydrogen-bond acceptors (Lipinski definition) is 7.